The first kappa shape index (κ1) is 9.50. The van der Waals surface area contributed by atoms with Gasteiger partial charge in [-0.2, -0.15) is 0 Å². The maximum Gasteiger partial charge on any atom is 0.102 e. The van der Waals surface area contributed by atoms with E-state index in [4.69, 9.17) is 11.6 Å². The molecular formula is C10H13ClOS. The first-order valence-corrected chi connectivity index (χ1v) is 6.02. The second-order valence-corrected chi connectivity index (χ2v) is 4.95. The van der Waals surface area contributed by atoms with Crippen LogP contribution in [0.25, 0.3) is 0 Å². The van der Waals surface area contributed by atoms with Gasteiger partial charge in [-0.05, 0) is 37.3 Å². The van der Waals surface area contributed by atoms with Crippen LogP contribution in [0.4, 0.5) is 0 Å². The first-order chi connectivity index (χ1) is 6.31. The SMILES string of the molecule is OC(CCl)c1cc2c(s1)CCCC2. The number of aliphatic hydroxyl groups excluding tert-OH is 1. The Morgan fingerprint density at radius 3 is 2.92 bits per heavy atom. The molecule has 0 fully saturated rings. The third kappa shape index (κ3) is 1.90. The van der Waals surface area contributed by atoms with Crippen LogP contribution in [-0.4, -0.2) is 11.0 Å². The lowest BCUT2D eigenvalue weighted by molar-refractivity contribution is 0.206. The molecule has 0 saturated heterocycles. The van der Waals surface area contributed by atoms with Gasteiger partial charge in [0.15, 0.2) is 0 Å². The van der Waals surface area contributed by atoms with Crippen LogP contribution in [0.3, 0.4) is 0 Å². The molecule has 1 unspecified atom stereocenters. The summed E-state index contributed by atoms with van der Waals surface area (Å²) in [7, 11) is 0. The molecule has 1 heterocycles. The van der Waals surface area contributed by atoms with Crippen molar-refractivity contribution >= 4 is 22.9 Å². The maximum absolute atomic E-state index is 9.56. The van der Waals surface area contributed by atoms with Gasteiger partial charge in [-0.1, -0.05) is 0 Å². The molecule has 1 aromatic rings. The first-order valence-electron chi connectivity index (χ1n) is 4.67. The molecule has 3 heteroatoms. The standard InChI is InChI=1S/C10H13ClOS/c11-6-8(12)10-5-7-3-1-2-4-9(7)13-10/h5,8,12H,1-4,6H2. The monoisotopic (exact) mass is 216 g/mol. The summed E-state index contributed by atoms with van der Waals surface area (Å²) in [5.41, 5.74) is 1.44. The number of aliphatic hydroxyl groups is 1. The number of alkyl halides is 1. The fourth-order valence-electron chi connectivity index (χ4n) is 1.75. The van der Waals surface area contributed by atoms with Gasteiger partial charge in [0.25, 0.3) is 0 Å². The van der Waals surface area contributed by atoms with E-state index in [9.17, 15) is 5.11 Å². The van der Waals surface area contributed by atoms with Crippen molar-refractivity contribution in [3.05, 3.63) is 21.4 Å². The number of hydrogen-bond donors (Lipinski definition) is 1. The third-order valence-electron chi connectivity index (χ3n) is 2.49. The summed E-state index contributed by atoms with van der Waals surface area (Å²) >= 11 is 7.34. The van der Waals surface area contributed by atoms with Crippen molar-refractivity contribution in [3.8, 4) is 0 Å². The summed E-state index contributed by atoms with van der Waals surface area (Å²) in [5, 5.41) is 9.56. The summed E-state index contributed by atoms with van der Waals surface area (Å²) in [6.07, 6.45) is 4.50. The van der Waals surface area contributed by atoms with Gasteiger partial charge in [0.2, 0.25) is 0 Å². The molecule has 2 rings (SSSR count). The zero-order valence-electron chi connectivity index (χ0n) is 7.42. The summed E-state index contributed by atoms with van der Waals surface area (Å²) < 4.78 is 0. The molecule has 1 aliphatic rings. The van der Waals surface area contributed by atoms with E-state index in [1.807, 2.05) is 0 Å². The molecule has 1 nitrogen and oxygen atoms in total. The lowest BCUT2D eigenvalue weighted by Gasteiger charge is -2.08. The number of rotatable bonds is 2. The van der Waals surface area contributed by atoms with Crippen LogP contribution in [0, 0.1) is 0 Å². The number of fused-ring (bicyclic) bond motifs is 1. The zero-order valence-corrected chi connectivity index (χ0v) is 9.00. The van der Waals surface area contributed by atoms with E-state index in [0.717, 1.165) is 4.88 Å². The van der Waals surface area contributed by atoms with Crippen molar-refractivity contribution in [1.29, 1.82) is 0 Å². The van der Waals surface area contributed by atoms with Crippen LogP contribution in [-0.2, 0) is 12.8 Å². The molecule has 13 heavy (non-hydrogen) atoms. The Morgan fingerprint density at radius 2 is 2.23 bits per heavy atom. The molecule has 1 N–H and O–H groups in total. The fourth-order valence-corrected chi connectivity index (χ4v) is 3.26. The quantitative estimate of drug-likeness (QED) is 0.754. The van der Waals surface area contributed by atoms with E-state index in [-0.39, 0.29) is 0 Å². The lowest BCUT2D eigenvalue weighted by atomic mass is 9.99. The van der Waals surface area contributed by atoms with Crippen LogP contribution < -0.4 is 0 Å². The number of hydrogen-bond acceptors (Lipinski definition) is 2. The average molecular weight is 217 g/mol. The average Bonchev–Trinajstić information content (AvgIpc) is 2.59. The summed E-state index contributed by atoms with van der Waals surface area (Å²) in [6.45, 7) is 0. The zero-order chi connectivity index (χ0) is 9.26. The summed E-state index contributed by atoms with van der Waals surface area (Å²) in [4.78, 5) is 2.51. The number of aryl methyl sites for hydroxylation is 2. The van der Waals surface area contributed by atoms with Crippen LogP contribution in [0.2, 0.25) is 0 Å². The molecule has 0 aromatic carbocycles. The highest BCUT2D eigenvalue weighted by molar-refractivity contribution is 7.12. The van der Waals surface area contributed by atoms with E-state index >= 15 is 0 Å². The molecule has 0 saturated carbocycles. The fraction of sp³-hybridized carbons (Fsp3) is 0.600. The molecule has 0 amide bonds. The van der Waals surface area contributed by atoms with E-state index in [0.29, 0.717) is 5.88 Å². The van der Waals surface area contributed by atoms with Crippen molar-refractivity contribution in [2.24, 2.45) is 0 Å². The molecule has 0 radical (unpaired) electrons. The van der Waals surface area contributed by atoms with E-state index in [1.54, 1.807) is 11.3 Å². The predicted molar refractivity (Wildman–Crippen MR) is 56.6 cm³/mol. The second-order valence-electron chi connectivity index (χ2n) is 3.47. The Labute approximate surface area is 87.4 Å². The van der Waals surface area contributed by atoms with Crippen LogP contribution in [0.1, 0.15) is 34.3 Å². The van der Waals surface area contributed by atoms with Crippen LogP contribution in [0.5, 0.6) is 0 Å². The van der Waals surface area contributed by atoms with E-state index in [1.165, 1.54) is 36.1 Å². The highest BCUT2D eigenvalue weighted by Crippen LogP contribution is 2.33. The van der Waals surface area contributed by atoms with Gasteiger partial charge in [0.05, 0.1) is 5.88 Å². The molecule has 1 aromatic heterocycles. The van der Waals surface area contributed by atoms with Gasteiger partial charge >= 0.3 is 0 Å². The van der Waals surface area contributed by atoms with E-state index in [2.05, 4.69) is 6.07 Å². The molecule has 1 atom stereocenters. The third-order valence-corrected chi connectivity index (χ3v) is 4.12. The van der Waals surface area contributed by atoms with Gasteiger partial charge < -0.3 is 5.11 Å². The van der Waals surface area contributed by atoms with Crippen LogP contribution in [0.15, 0.2) is 6.07 Å². The van der Waals surface area contributed by atoms with Gasteiger partial charge in [-0.3, -0.25) is 0 Å². The normalized spacial score (nSPS) is 18.3. The number of halogens is 1. The minimum absolute atomic E-state index is 0.305. The predicted octanol–water partition coefficient (Wildman–Crippen LogP) is 2.90. The van der Waals surface area contributed by atoms with Gasteiger partial charge in [0, 0.05) is 9.75 Å². The topological polar surface area (TPSA) is 20.2 Å². The van der Waals surface area contributed by atoms with Gasteiger partial charge in [0.1, 0.15) is 6.10 Å². The van der Waals surface area contributed by atoms with Gasteiger partial charge in [-0.15, -0.1) is 22.9 Å². The maximum atomic E-state index is 9.56. The molecule has 0 spiro atoms. The lowest BCUT2D eigenvalue weighted by Crippen LogP contribution is -1.97. The van der Waals surface area contributed by atoms with Crippen molar-refractivity contribution in [2.75, 3.05) is 5.88 Å². The molecule has 0 aliphatic heterocycles. The Hall–Kier alpha value is -0.0500. The minimum Gasteiger partial charge on any atom is -0.386 e. The Kier molecular flexibility index (Phi) is 2.92. The Bertz CT molecular complexity index is 272. The Morgan fingerprint density at radius 1 is 1.46 bits per heavy atom. The minimum atomic E-state index is -0.461. The van der Waals surface area contributed by atoms with E-state index < -0.39 is 6.10 Å². The number of thiophene rings is 1. The Balaban J connectivity index is 2.25. The highest BCUT2D eigenvalue weighted by Gasteiger charge is 2.16. The molecular weight excluding hydrogens is 204 g/mol. The van der Waals surface area contributed by atoms with Gasteiger partial charge in [-0.25, -0.2) is 0 Å². The van der Waals surface area contributed by atoms with Crippen molar-refractivity contribution in [1.82, 2.24) is 0 Å². The molecule has 0 bridgehead atoms. The molecule has 72 valence electrons. The highest BCUT2D eigenvalue weighted by atomic mass is 35.5. The van der Waals surface area contributed by atoms with Crippen LogP contribution >= 0.6 is 22.9 Å². The second kappa shape index (κ2) is 3.99. The van der Waals surface area contributed by atoms with Crippen molar-refractivity contribution in [3.63, 3.8) is 0 Å². The van der Waals surface area contributed by atoms with Crippen molar-refractivity contribution < 1.29 is 5.11 Å². The smallest absolute Gasteiger partial charge is 0.102 e. The summed E-state index contributed by atoms with van der Waals surface area (Å²) in [5.74, 6) is 0.305. The van der Waals surface area contributed by atoms with Crippen molar-refractivity contribution in [2.45, 2.75) is 31.8 Å². The molecule has 1 aliphatic carbocycles. The summed E-state index contributed by atoms with van der Waals surface area (Å²) in [6, 6.07) is 2.13. The largest absolute Gasteiger partial charge is 0.386 e.